The largest absolute Gasteiger partial charge is 0.457 e. The highest BCUT2D eigenvalue weighted by Gasteiger charge is 2.40. The molecule has 0 aliphatic heterocycles. The van der Waals surface area contributed by atoms with Crippen molar-refractivity contribution in [2.45, 2.75) is 52.6 Å². The number of Topliss-reactive ketones (excluding diaryl/α,β-unsaturated/α-hetero) is 1. The van der Waals surface area contributed by atoms with Crippen LogP contribution in [-0.4, -0.2) is 29.5 Å². The van der Waals surface area contributed by atoms with Crippen molar-refractivity contribution in [3.63, 3.8) is 0 Å². The Morgan fingerprint density at radius 2 is 1.87 bits per heavy atom. The van der Waals surface area contributed by atoms with Crippen LogP contribution in [0.2, 0.25) is 0 Å². The Balaban J connectivity index is 1.38. The van der Waals surface area contributed by atoms with E-state index in [9.17, 15) is 18.4 Å². The van der Waals surface area contributed by atoms with Crippen LogP contribution in [0.25, 0.3) is 5.69 Å². The van der Waals surface area contributed by atoms with Gasteiger partial charge in [0.25, 0.3) is 0 Å². The number of nitrogens with zero attached hydrogens (tertiary/aromatic N) is 1. The number of halogens is 2. The van der Waals surface area contributed by atoms with Gasteiger partial charge in [-0.15, -0.1) is 0 Å². The zero-order valence-electron chi connectivity index (χ0n) is 17.8. The number of ether oxygens (including phenoxy) is 2. The van der Waals surface area contributed by atoms with Crippen LogP contribution in [0.3, 0.4) is 0 Å². The molecule has 2 fully saturated rings. The average Bonchev–Trinajstić information content (AvgIpc) is 3.41. The van der Waals surface area contributed by atoms with Gasteiger partial charge in [0.1, 0.15) is 5.75 Å². The highest BCUT2D eigenvalue weighted by Crippen LogP contribution is 2.49. The number of hydrogen-bond acceptors (Lipinski definition) is 4. The second kappa shape index (κ2) is 8.81. The number of esters is 1. The summed E-state index contributed by atoms with van der Waals surface area (Å²) in [6.45, 7) is 0.511. The molecule has 7 heteroatoms. The Labute approximate surface area is 180 Å². The first-order valence-electron chi connectivity index (χ1n) is 10.7. The molecule has 0 saturated heterocycles. The normalized spacial score (nSPS) is 22.2. The van der Waals surface area contributed by atoms with Crippen LogP contribution in [0.15, 0.2) is 30.3 Å². The zero-order valence-corrected chi connectivity index (χ0v) is 17.8. The molecule has 0 unspecified atom stereocenters. The molecule has 4 rings (SSSR count). The summed E-state index contributed by atoms with van der Waals surface area (Å²) in [7, 11) is 0. The van der Waals surface area contributed by atoms with Gasteiger partial charge in [0.05, 0.1) is 0 Å². The number of rotatable bonds is 8. The van der Waals surface area contributed by atoms with E-state index in [1.165, 1.54) is 31.4 Å². The Bertz CT molecular complexity index is 967. The van der Waals surface area contributed by atoms with Crippen molar-refractivity contribution in [3.8, 4) is 11.4 Å². The lowest BCUT2D eigenvalue weighted by Crippen LogP contribution is -2.20. The van der Waals surface area contributed by atoms with E-state index in [4.69, 9.17) is 4.74 Å². The van der Waals surface area contributed by atoms with Crippen LogP contribution >= 0.6 is 0 Å². The molecule has 2 aliphatic carbocycles. The van der Waals surface area contributed by atoms with E-state index in [0.29, 0.717) is 29.5 Å². The Morgan fingerprint density at radius 3 is 2.48 bits per heavy atom. The van der Waals surface area contributed by atoms with E-state index in [-0.39, 0.29) is 24.1 Å². The second-order valence-corrected chi connectivity index (χ2v) is 8.72. The van der Waals surface area contributed by atoms with Gasteiger partial charge in [-0.2, -0.15) is 8.78 Å². The molecule has 0 amide bonds. The molecule has 0 N–H and O–H groups in total. The van der Waals surface area contributed by atoms with E-state index >= 15 is 0 Å². The highest BCUT2D eigenvalue weighted by molar-refractivity contribution is 5.99. The molecule has 1 aromatic carbocycles. The van der Waals surface area contributed by atoms with Crippen LogP contribution in [0.5, 0.6) is 5.75 Å². The van der Waals surface area contributed by atoms with Gasteiger partial charge in [0.15, 0.2) is 6.61 Å². The quantitative estimate of drug-likeness (QED) is 0.423. The molecular formula is C24H27F2NO4. The minimum Gasteiger partial charge on any atom is -0.457 e. The van der Waals surface area contributed by atoms with E-state index in [0.717, 1.165) is 23.7 Å². The first-order valence-corrected chi connectivity index (χ1v) is 10.7. The molecular weight excluding hydrogens is 404 g/mol. The van der Waals surface area contributed by atoms with Gasteiger partial charge in [-0.05, 0) is 81.2 Å². The summed E-state index contributed by atoms with van der Waals surface area (Å²) in [5.41, 5.74) is 2.73. The molecule has 2 aliphatic rings. The number of fused-ring (bicyclic) bond motifs is 2. The van der Waals surface area contributed by atoms with Crippen LogP contribution in [0, 0.1) is 31.6 Å². The predicted molar refractivity (Wildman–Crippen MR) is 111 cm³/mol. The number of aromatic nitrogens is 1. The van der Waals surface area contributed by atoms with Crippen molar-refractivity contribution in [1.82, 2.24) is 4.57 Å². The third-order valence-electron chi connectivity index (χ3n) is 6.73. The molecule has 2 saturated carbocycles. The SMILES string of the molecule is Cc1cc(C(=O)COC(=O)C[C@H]2C[C@@H]3CC[C@@H]2C3)c(C)n1-c1ccc(OC(F)F)cc1. The summed E-state index contributed by atoms with van der Waals surface area (Å²) in [4.78, 5) is 25.0. The molecule has 0 radical (unpaired) electrons. The monoisotopic (exact) mass is 431 g/mol. The van der Waals surface area contributed by atoms with Crippen LogP contribution in [0.1, 0.15) is 53.8 Å². The molecule has 1 aromatic heterocycles. The van der Waals surface area contributed by atoms with Gasteiger partial charge >= 0.3 is 12.6 Å². The lowest BCUT2D eigenvalue weighted by molar-refractivity contribution is -0.144. The first-order chi connectivity index (χ1) is 14.8. The van der Waals surface area contributed by atoms with Crippen molar-refractivity contribution < 1.29 is 27.8 Å². The van der Waals surface area contributed by atoms with Gasteiger partial charge in [-0.3, -0.25) is 9.59 Å². The van der Waals surface area contributed by atoms with Gasteiger partial charge in [0.2, 0.25) is 5.78 Å². The number of hydrogen-bond donors (Lipinski definition) is 0. The van der Waals surface area contributed by atoms with Crippen molar-refractivity contribution in [1.29, 1.82) is 0 Å². The molecule has 0 spiro atoms. The molecule has 2 bridgehead atoms. The topological polar surface area (TPSA) is 57.5 Å². The van der Waals surface area contributed by atoms with Crippen molar-refractivity contribution >= 4 is 11.8 Å². The number of ketones is 1. The summed E-state index contributed by atoms with van der Waals surface area (Å²) in [6, 6.07) is 7.98. The number of carbonyl (C=O) groups is 2. The number of aryl methyl sites for hydroxylation is 1. The first kappa shape index (κ1) is 21.5. The molecule has 3 atom stereocenters. The fourth-order valence-corrected chi connectivity index (χ4v) is 5.34. The molecule has 2 aromatic rings. The Kier molecular flexibility index (Phi) is 6.12. The minimum absolute atomic E-state index is 0.0694. The maximum absolute atomic E-state index is 12.7. The summed E-state index contributed by atoms with van der Waals surface area (Å²) in [5, 5.41) is 0. The van der Waals surface area contributed by atoms with Gasteiger partial charge in [-0.1, -0.05) is 6.42 Å². The number of benzene rings is 1. The Hall–Kier alpha value is -2.70. The zero-order chi connectivity index (χ0) is 22.1. The predicted octanol–water partition coefficient (Wildman–Crippen LogP) is 5.25. The third kappa shape index (κ3) is 4.65. The smallest absolute Gasteiger partial charge is 0.387 e. The summed E-state index contributed by atoms with van der Waals surface area (Å²) in [5.74, 6) is 1.34. The maximum Gasteiger partial charge on any atom is 0.387 e. The van der Waals surface area contributed by atoms with E-state index in [2.05, 4.69) is 4.74 Å². The van der Waals surface area contributed by atoms with Crippen molar-refractivity contribution in [2.24, 2.45) is 17.8 Å². The number of alkyl halides is 2. The van der Waals surface area contributed by atoms with Crippen LogP contribution in [-0.2, 0) is 9.53 Å². The van der Waals surface area contributed by atoms with E-state index in [1.54, 1.807) is 25.1 Å². The van der Waals surface area contributed by atoms with Gasteiger partial charge < -0.3 is 14.0 Å². The summed E-state index contributed by atoms with van der Waals surface area (Å²) < 4.78 is 36.2. The van der Waals surface area contributed by atoms with Crippen molar-refractivity contribution in [2.75, 3.05) is 6.61 Å². The third-order valence-corrected chi connectivity index (χ3v) is 6.73. The average molecular weight is 431 g/mol. The van der Waals surface area contributed by atoms with Crippen LogP contribution in [0.4, 0.5) is 8.78 Å². The summed E-state index contributed by atoms with van der Waals surface area (Å²) >= 11 is 0. The lowest BCUT2D eigenvalue weighted by atomic mass is 9.86. The van der Waals surface area contributed by atoms with Crippen LogP contribution < -0.4 is 4.74 Å². The highest BCUT2D eigenvalue weighted by atomic mass is 19.3. The lowest BCUT2D eigenvalue weighted by Gasteiger charge is -2.20. The summed E-state index contributed by atoms with van der Waals surface area (Å²) in [6.07, 6.45) is 5.24. The maximum atomic E-state index is 12.7. The van der Waals surface area contributed by atoms with Gasteiger partial charge in [0, 0.05) is 29.1 Å². The van der Waals surface area contributed by atoms with Crippen molar-refractivity contribution in [3.05, 3.63) is 47.3 Å². The van der Waals surface area contributed by atoms with Gasteiger partial charge in [-0.25, -0.2) is 0 Å². The molecule has 166 valence electrons. The fraction of sp³-hybridized carbons (Fsp3) is 0.500. The molecule has 5 nitrogen and oxygen atoms in total. The standard InChI is InChI=1S/C24H27F2NO4/c1-14-9-21(15(2)27(14)19-5-7-20(8-6-19)31-24(25)26)22(28)13-30-23(29)12-18-11-16-3-4-17(18)10-16/h5-9,16-18,24H,3-4,10-13H2,1-2H3/t16-,17-,18-/m1/s1. The fourth-order valence-electron chi connectivity index (χ4n) is 5.34. The van der Waals surface area contributed by atoms with E-state index in [1.807, 2.05) is 11.5 Å². The minimum atomic E-state index is -2.88. The molecule has 1 heterocycles. The second-order valence-electron chi connectivity index (χ2n) is 8.72. The van der Waals surface area contributed by atoms with E-state index < -0.39 is 6.61 Å². The number of carbonyl (C=O) groups excluding carboxylic acids is 2. The Morgan fingerprint density at radius 1 is 1.13 bits per heavy atom. The molecule has 31 heavy (non-hydrogen) atoms.